The molecule has 0 radical (unpaired) electrons. The minimum atomic E-state index is -1.74. The van der Waals surface area contributed by atoms with Crippen molar-refractivity contribution in [1.29, 1.82) is 0 Å². The highest BCUT2D eigenvalue weighted by Gasteiger charge is 2.38. The average Bonchev–Trinajstić information content (AvgIpc) is 2.74. The fourth-order valence-corrected chi connectivity index (χ4v) is 3.48. The van der Waals surface area contributed by atoms with E-state index in [1.807, 2.05) is 6.07 Å². The van der Waals surface area contributed by atoms with Gasteiger partial charge < -0.3 is 9.53 Å². The molecule has 0 saturated carbocycles. The number of fused-ring (bicyclic) bond motifs is 1. The van der Waals surface area contributed by atoms with E-state index in [0.717, 1.165) is 12.0 Å². The Morgan fingerprint density at radius 3 is 2.55 bits per heavy atom. The fourth-order valence-electron chi connectivity index (χ4n) is 2.39. The summed E-state index contributed by atoms with van der Waals surface area (Å²) in [5, 5.41) is 9.63. The SMILES string of the molecule is CC(C)(C)[Si](C)(C)OCC1Cc2ccc(O)c(F)c2C1. The first kappa shape index (κ1) is 15.5. The minimum Gasteiger partial charge on any atom is -0.505 e. The summed E-state index contributed by atoms with van der Waals surface area (Å²) in [4.78, 5) is 0. The van der Waals surface area contributed by atoms with Crippen LogP contribution < -0.4 is 0 Å². The Labute approximate surface area is 122 Å². The summed E-state index contributed by atoms with van der Waals surface area (Å²) in [6.07, 6.45) is 1.52. The summed E-state index contributed by atoms with van der Waals surface area (Å²) < 4.78 is 20.1. The van der Waals surface area contributed by atoms with E-state index in [9.17, 15) is 9.50 Å². The van der Waals surface area contributed by atoms with Gasteiger partial charge in [0.1, 0.15) is 0 Å². The molecule has 0 spiro atoms. The van der Waals surface area contributed by atoms with Crippen molar-refractivity contribution in [2.75, 3.05) is 6.61 Å². The molecule has 0 aliphatic heterocycles. The van der Waals surface area contributed by atoms with Crippen LogP contribution in [0, 0.1) is 11.7 Å². The third kappa shape index (κ3) is 2.91. The molecular formula is C16H25FO2Si. The second-order valence-electron chi connectivity index (χ2n) is 7.38. The first-order valence-electron chi connectivity index (χ1n) is 7.25. The van der Waals surface area contributed by atoms with Gasteiger partial charge in [0.15, 0.2) is 19.9 Å². The third-order valence-corrected chi connectivity index (χ3v) is 9.31. The molecule has 1 aromatic rings. The first-order valence-corrected chi connectivity index (χ1v) is 10.2. The van der Waals surface area contributed by atoms with Gasteiger partial charge in [0.05, 0.1) is 0 Å². The lowest BCUT2D eigenvalue weighted by Gasteiger charge is -2.37. The highest BCUT2D eigenvalue weighted by Crippen LogP contribution is 2.38. The molecule has 0 aromatic heterocycles. The summed E-state index contributed by atoms with van der Waals surface area (Å²) in [5.41, 5.74) is 1.69. The van der Waals surface area contributed by atoms with Gasteiger partial charge in [-0.25, -0.2) is 4.39 Å². The molecule has 1 aliphatic carbocycles. The van der Waals surface area contributed by atoms with Crippen LogP contribution >= 0.6 is 0 Å². The summed E-state index contributed by atoms with van der Waals surface area (Å²) in [6, 6.07) is 3.28. The number of hydrogen-bond acceptors (Lipinski definition) is 2. The van der Waals surface area contributed by atoms with Gasteiger partial charge in [-0.15, -0.1) is 0 Å². The quantitative estimate of drug-likeness (QED) is 0.844. The van der Waals surface area contributed by atoms with E-state index in [4.69, 9.17) is 4.43 Å². The van der Waals surface area contributed by atoms with E-state index < -0.39 is 14.1 Å². The molecule has 0 heterocycles. The van der Waals surface area contributed by atoms with Gasteiger partial charge in [-0.05, 0) is 54.1 Å². The molecule has 0 amide bonds. The van der Waals surface area contributed by atoms with Crippen LogP contribution in [0.2, 0.25) is 18.1 Å². The summed E-state index contributed by atoms with van der Waals surface area (Å²) in [6.45, 7) is 11.8. The number of rotatable bonds is 3. The molecule has 4 heteroatoms. The predicted molar refractivity (Wildman–Crippen MR) is 82.1 cm³/mol. The molecule has 1 N–H and O–H groups in total. The van der Waals surface area contributed by atoms with E-state index in [1.54, 1.807) is 0 Å². The summed E-state index contributed by atoms with van der Waals surface area (Å²) in [5.74, 6) is -0.359. The number of phenols is 1. The molecule has 0 saturated heterocycles. The first-order chi connectivity index (χ1) is 9.12. The number of hydrogen-bond donors (Lipinski definition) is 1. The van der Waals surface area contributed by atoms with Gasteiger partial charge >= 0.3 is 0 Å². The van der Waals surface area contributed by atoms with Crippen LogP contribution in [0.5, 0.6) is 5.75 Å². The highest BCUT2D eigenvalue weighted by atomic mass is 28.4. The van der Waals surface area contributed by atoms with E-state index >= 15 is 0 Å². The Kier molecular flexibility index (Phi) is 4.00. The van der Waals surface area contributed by atoms with Crippen LogP contribution in [0.25, 0.3) is 0 Å². The van der Waals surface area contributed by atoms with Crippen LogP contribution in [-0.4, -0.2) is 20.0 Å². The number of aromatic hydroxyl groups is 1. The maximum absolute atomic E-state index is 13.9. The fraction of sp³-hybridized carbons (Fsp3) is 0.625. The summed E-state index contributed by atoms with van der Waals surface area (Å²) >= 11 is 0. The number of benzene rings is 1. The molecule has 1 aliphatic rings. The minimum absolute atomic E-state index is 0.196. The molecule has 112 valence electrons. The molecule has 2 rings (SSSR count). The van der Waals surface area contributed by atoms with E-state index in [0.29, 0.717) is 24.5 Å². The lowest BCUT2D eigenvalue weighted by molar-refractivity contribution is 0.232. The normalized spacial score (nSPS) is 19.2. The van der Waals surface area contributed by atoms with Gasteiger partial charge in [0.25, 0.3) is 0 Å². The van der Waals surface area contributed by atoms with Crippen molar-refractivity contribution in [2.24, 2.45) is 5.92 Å². The van der Waals surface area contributed by atoms with Gasteiger partial charge in [-0.2, -0.15) is 0 Å². The smallest absolute Gasteiger partial charge is 0.191 e. The Bertz CT molecular complexity index is 506. The maximum atomic E-state index is 13.9. The maximum Gasteiger partial charge on any atom is 0.191 e. The summed E-state index contributed by atoms with van der Waals surface area (Å²) in [7, 11) is -1.74. The van der Waals surface area contributed by atoms with E-state index in [2.05, 4.69) is 33.9 Å². The molecular weight excluding hydrogens is 271 g/mol. The molecule has 1 aromatic carbocycles. The van der Waals surface area contributed by atoms with Crippen molar-refractivity contribution >= 4 is 8.32 Å². The van der Waals surface area contributed by atoms with Crippen molar-refractivity contribution in [3.63, 3.8) is 0 Å². The Morgan fingerprint density at radius 2 is 1.95 bits per heavy atom. The molecule has 0 fully saturated rings. The van der Waals surface area contributed by atoms with Crippen molar-refractivity contribution in [3.8, 4) is 5.75 Å². The van der Waals surface area contributed by atoms with Gasteiger partial charge in [0.2, 0.25) is 0 Å². The van der Waals surface area contributed by atoms with Crippen LogP contribution in [-0.2, 0) is 17.3 Å². The highest BCUT2D eigenvalue weighted by molar-refractivity contribution is 6.74. The van der Waals surface area contributed by atoms with Crippen LogP contribution in [0.4, 0.5) is 4.39 Å². The average molecular weight is 296 g/mol. The zero-order chi connectivity index (χ0) is 15.1. The van der Waals surface area contributed by atoms with Crippen LogP contribution in [0.3, 0.4) is 0 Å². The number of phenolic OH excluding ortho intramolecular Hbond substituents is 1. The van der Waals surface area contributed by atoms with Crippen molar-refractivity contribution < 1.29 is 13.9 Å². The van der Waals surface area contributed by atoms with Crippen molar-refractivity contribution in [3.05, 3.63) is 29.1 Å². The van der Waals surface area contributed by atoms with Crippen LogP contribution in [0.15, 0.2) is 12.1 Å². The van der Waals surface area contributed by atoms with Gasteiger partial charge in [-0.1, -0.05) is 26.8 Å². The molecule has 1 atom stereocenters. The number of halogens is 1. The third-order valence-electron chi connectivity index (χ3n) is 4.81. The second-order valence-corrected chi connectivity index (χ2v) is 12.2. The van der Waals surface area contributed by atoms with Gasteiger partial charge in [0, 0.05) is 6.61 Å². The van der Waals surface area contributed by atoms with Crippen molar-refractivity contribution in [1.82, 2.24) is 0 Å². The molecule has 2 nitrogen and oxygen atoms in total. The molecule has 1 unspecified atom stereocenters. The Morgan fingerprint density at radius 1 is 1.30 bits per heavy atom. The standard InChI is InChI=1S/C16H25FO2Si/c1-16(2,3)20(4,5)19-10-11-8-12-6-7-14(18)15(17)13(12)9-11/h6-7,11,18H,8-10H2,1-5H3. The monoisotopic (exact) mass is 296 g/mol. The zero-order valence-corrected chi connectivity index (χ0v) is 14.1. The lowest BCUT2D eigenvalue weighted by atomic mass is 10.1. The Balaban J connectivity index is 2.01. The topological polar surface area (TPSA) is 29.5 Å². The van der Waals surface area contributed by atoms with Crippen molar-refractivity contribution in [2.45, 2.75) is 51.7 Å². The zero-order valence-electron chi connectivity index (χ0n) is 13.1. The predicted octanol–water partition coefficient (Wildman–Crippen LogP) is 4.27. The second kappa shape index (κ2) is 5.15. The van der Waals surface area contributed by atoms with E-state index in [1.165, 1.54) is 6.07 Å². The molecule has 0 bridgehead atoms. The van der Waals surface area contributed by atoms with Crippen LogP contribution in [0.1, 0.15) is 31.9 Å². The van der Waals surface area contributed by atoms with Gasteiger partial charge in [-0.3, -0.25) is 0 Å². The molecule has 20 heavy (non-hydrogen) atoms. The largest absolute Gasteiger partial charge is 0.505 e. The lowest BCUT2D eigenvalue weighted by Crippen LogP contribution is -2.42. The Hall–Kier alpha value is -0.873. The van der Waals surface area contributed by atoms with E-state index in [-0.39, 0.29) is 10.8 Å².